The van der Waals surface area contributed by atoms with Crippen LogP contribution in [0.2, 0.25) is 0 Å². The highest BCUT2D eigenvalue weighted by atomic mass is 16.5. The van der Waals surface area contributed by atoms with Gasteiger partial charge in [-0.2, -0.15) is 0 Å². The lowest BCUT2D eigenvalue weighted by Crippen LogP contribution is -2.44. The molecule has 1 unspecified atom stereocenters. The number of nitrogens with zero attached hydrogens (tertiary/aromatic N) is 2. The summed E-state index contributed by atoms with van der Waals surface area (Å²) >= 11 is 0. The van der Waals surface area contributed by atoms with Crippen LogP contribution in [0.4, 0.5) is 0 Å². The van der Waals surface area contributed by atoms with Crippen molar-refractivity contribution in [3.8, 4) is 0 Å². The first kappa shape index (κ1) is 12.1. The van der Waals surface area contributed by atoms with Crippen LogP contribution in [-0.2, 0) is 23.0 Å². The van der Waals surface area contributed by atoms with Gasteiger partial charge in [0.05, 0.1) is 0 Å². The lowest BCUT2D eigenvalue weighted by atomic mass is 10.0. The Morgan fingerprint density at radius 2 is 2.53 bits per heavy atom. The molecule has 94 valence electrons. The van der Waals surface area contributed by atoms with Gasteiger partial charge in [0, 0.05) is 39.0 Å². The Balaban J connectivity index is 1.79. The highest BCUT2D eigenvalue weighted by Gasteiger charge is 2.37. The third-order valence-electron chi connectivity index (χ3n) is 3.25. The number of rotatable bonds is 4. The maximum atomic E-state index is 11.9. The van der Waals surface area contributed by atoms with Gasteiger partial charge in [0.25, 0.3) is 5.91 Å². The van der Waals surface area contributed by atoms with E-state index in [1.807, 2.05) is 24.7 Å². The first-order chi connectivity index (χ1) is 8.12. The molecule has 2 rings (SSSR count). The van der Waals surface area contributed by atoms with E-state index in [1.54, 1.807) is 6.20 Å². The third kappa shape index (κ3) is 2.66. The second-order valence-corrected chi connectivity index (χ2v) is 4.64. The fourth-order valence-corrected chi connectivity index (χ4v) is 2.07. The number of hydrogen-bond donors (Lipinski definition) is 1. The van der Waals surface area contributed by atoms with Crippen LogP contribution in [-0.4, -0.2) is 34.2 Å². The van der Waals surface area contributed by atoms with Crippen LogP contribution in [0, 0.1) is 0 Å². The number of nitrogens with one attached hydrogen (secondary N) is 1. The summed E-state index contributed by atoms with van der Waals surface area (Å²) in [6.07, 6.45) is 6.17. The fraction of sp³-hybridized carbons (Fsp3) is 0.667. The molecule has 0 radical (unpaired) electrons. The van der Waals surface area contributed by atoms with Crippen molar-refractivity contribution in [3.63, 3.8) is 0 Å². The van der Waals surface area contributed by atoms with E-state index < -0.39 is 5.60 Å². The van der Waals surface area contributed by atoms with Crippen LogP contribution in [0.1, 0.15) is 25.6 Å². The van der Waals surface area contributed by atoms with E-state index in [4.69, 9.17) is 4.74 Å². The molecule has 17 heavy (non-hydrogen) atoms. The molecule has 1 saturated heterocycles. The number of imidazole rings is 1. The molecule has 0 aromatic carbocycles. The molecule has 0 aliphatic carbocycles. The number of carbonyl (C=O) groups excluding carboxylic acids is 1. The van der Waals surface area contributed by atoms with Gasteiger partial charge in [-0.25, -0.2) is 4.98 Å². The molecule has 1 atom stereocenters. The van der Waals surface area contributed by atoms with Gasteiger partial charge in [0.1, 0.15) is 11.4 Å². The van der Waals surface area contributed by atoms with E-state index in [1.165, 1.54) is 0 Å². The third-order valence-corrected chi connectivity index (χ3v) is 3.25. The lowest BCUT2D eigenvalue weighted by Gasteiger charge is -2.21. The Labute approximate surface area is 101 Å². The summed E-state index contributed by atoms with van der Waals surface area (Å²) in [4.78, 5) is 16.1. The monoisotopic (exact) mass is 237 g/mol. The summed E-state index contributed by atoms with van der Waals surface area (Å²) < 4.78 is 7.44. The Bertz CT molecular complexity index is 394. The molecule has 1 aliphatic rings. The quantitative estimate of drug-likeness (QED) is 0.836. The van der Waals surface area contributed by atoms with Crippen molar-refractivity contribution in [2.24, 2.45) is 7.05 Å². The molecule has 5 heteroatoms. The van der Waals surface area contributed by atoms with Crippen LogP contribution < -0.4 is 5.32 Å². The van der Waals surface area contributed by atoms with Gasteiger partial charge < -0.3 is 14.6 Å². The van der Waals surface area contributed by atoms with Gasteiger partial charge in [-0.15, -0.1) is 0 Å². The van der Waals surface area contributed by atoms with Crippen LogP contribution in [0.3, 0.4) is 0 Å². The molecule has 0 saturated carbocycles. The zero-order valence-electron chi connectivity index (χ0n) is 10.4. The number of carbonyl (C=O) groups is 1. The molecule has 1 fully saturated rings. The minimum atomic E-state index is -0.623. The number of amides is 1. The van der Waals surface area contributed by atoms with E-state index in [0.717, 1.165) is 25.1 Å². The van der Waals surface area contributed by atoms with Gasteiger partial charge in [-0.1, -0.05) is 0 Å². The van der Waals surface area contributed by atoms with Gasteiger partial charge in [-0.3, -0.25) is 4.79 Å². The zero-order chi connectivity index (χ0) is 12.3. The summed E-state index contributed by atoms with van der Waals surface area (Å²) in [7, 11) is 1.95. The van der Waals surface area contributed by atoms with E-state index in [-0.39, 0.29) is 5.91 Å². The molecule has 0 bridgehead atoms. The highest BCUT2D eigenvalue weighted by molar-refractivity contribution is 5.84. The van der Waals surface area contributed by atoms with Gasteiger partial charge in [0.15, 0.2) is 0 Å². The average Bonchev–Trinajstić information content (AvgIpc) is 2.89. The zero-order valence-corrected chi connectivity index (χ0v) is 10.4. The van der Waals surface area contributed by atoms with Crippen molar-refractivity contribution in [1.82, 2.24) is 14.9 Å². The van der Waals surface area contributed by atoms with Crippen LogP contribution in [0.5, 0.6) is 0 Å². The first-order valence-corrected chi connectivity index (χ1v) is 6.00. The molecule has 1 amide bonds. The summed E-state index contributed by atoms with van der Waals surface area (Å²) in [6, 6.07) is 0. The molecule has 0 spiro atoms. The Kier molecular flexibility index (Phi) is 3.47. The molecule has 2 heterocycles. The topological polar surface area (TPSA) is 56.2 Å². The van der Waals surface area contributed by atoms with E-state index >= 15 is 0 Å². The molecule has 1 aromatic rings. The predicted molar refractivity (Wildman–Crippen MR) is 63.5 cm³/mol. The predicted octanol–water partition coefficient (Wildman–Crippen LogP) is 0.648. The smallest absolute Gasteiger partial charge is 0.251 e. The first-order valence-electron chi connectivity index (χ1n) is 6.00. The Morgan fingerprint density at radius 1 is 1.71 bits per heavy atom. The van der Waals surface area contributed by atoms with Crippen LogP contribution >= 0.6 is 0 Å². The summed E-state index contributed by atoms with van der Waals surface area (Å²) in [6.45, 7) is 3.14. The van der Waals surface area contributed by atoms with Gasteiger partial charge in [-0.05, 0) is 19.8 Å². The maximum Gasteiger partial charge on any atom is 0.251 e. The van der Waals surface area contributed by atoms with E-state index in [2.05, 4.69) is 10.3 Å². The molecule has 1 N–H and O–H groups in total. The maximum absolute atomic E-state index is 11.9. The Morgan fingerprint density at radius 3 is 3.12 bits per heavy atom. The number of hydrogen-bond acceptors (Lipinski definition) is 3. The number of aromatic nitrogens is 2. The van der Waals surface area contributed by atoms with Gasteiger partial charge >= 0.3 is 0 Å². The Hall–Kier alpha value is -1.36. The van der Waals surface area contributed by atoms with Crippen molar-refractivity contribution in [2.75, 3.05) is 13.2 Å². The minimum Gasteiger partial charge on any atom is -0.365 e. The number of ether oxygens (including phenoxy) is 1. The number of aryl methyl sites for hydroxylation is 1. The summed E-state index contributed by atoms with van der Waals surface area (Å²) in [5.41, 5.74) is -0.623. The van der Waals surface area contributed by atoms with Crippen LogP contribution in [0.15, 0.2) is 12.4 Å². The molecule has 1 aliphatic heterocycles. The van der Waals surface area contributed by atoms with Crippen molar-refractivity contribution in [1.29, 1.82) is 0 Å². The summed E-state index contributed by atoms with van der Waals surface area (Å²) in [5.74, 6) is 0.965. The fourth-order valence-electron chi connectivity index (χ4n) is 2.07. The lowest BCUT2D eigenvalue weighted by molar-refractivity contribution is -0.139. The standard InChI is InChI=1S/C12H19N3O2/c1-12(5-3-9-17-12)11(16)14-6-4-10-13-7-8-15(10)2/h7-8H,3-6,9H2,1-2H3,(H,14,16). The molecular formula is C12H19N3O2. The van der Waals surface area contributed by atoms with Crippen LogP contribution in [0.25, 0.3) is 0 Å². The highest BCUT2D eigenvalue weighted by Crippen LogP contribution is 2.24. The second-order valence-electron chi connectivity index (χ2n) is 4.64. The van der Waals surface area contributed by atoms with Crippen molar-refractivity contribution < 1.29 is 9.53 Å². The normalized spacial score (nSPS) is 23.9. The van der Waals surface area contributed by atoms with Gasteiger partial charge in [0.2, 0.25) is 0 Å². The molecule has 1 aromatic heterocycles. The average molecular weight is 237 g/mol. The van der Waals surface area contributed by atoms with E-state index in [0.29, 0.717) is 13.2 Å². The second kappa shape index (κ2) is 4.87. The molecular weight excluding hydrogens is 218 g/mol. The van der Waals surface area contributed by atoms with Crippen molar-refractivity contribution in [3.05, 3.63) is 18.2 Å². The SMILES string of the molecule is Cn1ccnc1CCNC(=O)C1(C)CCCO1. The molecule has 5 nitrogen and oxygen atoms in total. The largest absolute Gasteiger partial charge is 0.365 e. The van der Waals surface area contributed by atoms with Crippen molar-refractivity contribution >= 4 is 5.91 Å². The van der Waals surface area contributed by atoms with Crippen molar-refractivity contribution in [2.45, 2.75) is 31.8 Å². The summed E-state index contributed by atoms with van der Waals surface area (Å²) in [5, 5.41) is 2.91. The van der Waals surface area contributed by atoms with E-state index in [9.17, 15) is 4.79 Å². The minimum absolute atomic E-state index is 0.00999.